The van der Waals surface area contributed by atoms with E-state index in [1.807, 2.05) is 0 Å². The van der Waals surface area contributed by atoms with Crippen LogP contribution in [-0.2, 0) is 30.4 Å². The molecule has 9 atom stereocenters. The number of phenolic OH excluding ortho intramolecular Hbond substituents is 1. The predicted molar refractivity (Wildman–Crippen MR) is 154 cm³/mol. The third-order valence-electron chi connectivity index (χ3n) is 7.81. The van der Waals surface area contributed by atoms with Crippen molar-refractivity contribution in [3.8, 4) is 11.5 Å². The Bertz CT molecular complexity index is 1460. The van der Waals surface area contributed by atoms with Gasteiger partial charge in [0.05, 0.1) is 11.8 Å². The molecule has 3 fully saturated rings. The lowest BCUT2D eigenvalue weighted by Crippen LogP contribution is -2.67. The average Bonchev–Trinajstić information content (AvgIpc) is 3.64. The number of phenols is 1. The van der Waals surface area contributed by atoms with Crippen LogP contribution in [-0.4, -0.2) is 94.0 Å². The topological polar surface area (TPSA) is 169 Å². The Balaban J connectivity index is 1.16. The molecule has 15 heteroatoms. The Morgan fingerprint density at radius 2 is 1.84 bits per heavy atom. The van der Waals surface area contributed by atoms with Crippen LogP contribution in [0.3, 0.4) is 0 Å². The van der Waals surface area contributed by atoms with Crippen LogP contribution in [0.25, 0.3) is 6.08 Å². The average molecular weight is 655 g/mol. The van der Waals surface area contributed by atoms with Gasteiger partial charge in [0.15, 0.2) is 17.7 Å². The maximum atomic E-state index is 14.8. The first kappa shape index (κ1) is 33.0. The van der Waals surface area contributed by atoms with Crippen LogP contribution >= 0.6 is 11.6 Å². The van der Waals surface area contributed by atoms with Crippen molar-refractivity contribution in [1.82, 2.24) is 5.32 Å². The SMILES string of the molecule is CC(=Cc1ccc(O[C@@H]2O[C@H](C(C)=NOCc3ccc(Cl)cc3F)C[C@H]2F)c(O)c1)C(=O)N[C@@H]1[C@H](O)[C@@H](O)[C@H]2OCO[C@H]2[C@@H]1O. The number of hydrogen-bond acceptors (Lipinski definition) is 11. The highest BCUT2D eigenvalue weighted by Gasteiger charge is 2.53. The third-order valence-corrected chi connectivity index (χ3v) is 8.05. The fourth-order valence-corrected chi connectivity index (χ4v) is 5.43. The monoisotopic (exact) mass is 654 g/mol. The minimum atomic E-state index is -1.56. The van der Waals surface area contributed by atoms with E-state index in [-0.39, 0.29) is 47.5 Å². The van der Waals surface area contributed by atoms with Gasteiger partial charge in [0.1, 0.15) is 55.8 Å². The fraction of sp³-hybridized carbons (Fsp3) is 0.467. The van der Waals surface area contributed by atoms with E-state index in [0.29, 0.717) is 11.3 Å². The van der Waals surface area contributed by atoms with Crippen LogP contribution in [0, 0.1) is 5.82 Å². The van der Waals surface area contributed by atoms with Gasteiger partial charge in [0.25, 0.3) is 0 Å². The van der Waals surface area contributed by atoms with Crippen LogP contribution in [0.1, 0.15) is 31.4 Å². The molecule has 2 saturated heterocycles. The van der Waals surface area contributed by atoms with Crippen molar-refractivity contribution in [2.75, 3.05) is 6.79 Å². The standard InChI is InChI=1S/C30H33ClF2N2O10/c1-13(29(40)34-23-24(37)26(39)28-27(25(23)38)41-12-42-28)7-15-3-6-21(20(36)8-15)44-30-19(33)10-22(45-30)14(2)35-43-11-16-4-5-17(31)9-18(16)32/h3-9,19,22-28,30,36-39H,10-12H2,1-2H3,(H,34,40)/t19-,22+,23-,24+,25-,26-,27+,28-,30-/m1/s1. The maximum absolute atomic E-state index is 14.8. The number of hydrogen-bond donors (Lipinski definition) is 5. The lowest BCUT2D eigenvalue weighted by molar-refractivity contribution is -0.155. The first-order chi connectivity index (χ1) is 21.4. The van der Waals surface area contributed by atoms with Crippen molar-refractivity contribution in [1.29, 1.82) is 0 Å². The molecular formula is C30H33ClF2N2O10. The van der Waals surface area contributed by atoms with Gasteiger partial charge >= 0.3 is 0 Å². The summed E-state index contributed by atoms with van der Waals surface area (Å²) in [6, 6.07) is 7.11. The molecule has 0 bridgehead atoms. The molecule has 2 heterocycles. The second kappa shape index (κ2) is 14.0. The van der Waals surface area contributed by atoms with Crippen LogP contribution in [0.2, 0.25) is 5.02 Å². The van der Waals surface area contributed by atoms with E-state index in [0.717, 1.165) is 6.07 Å². The third kappa shape index (κ3) is 7.38. The highest BCUT2D eigenvalue weighted by atomic mass is 35.5. The van der Waals surface area contributed by atoms with Gasteiger partial charge in [-0.15, -0.1) is 0 Å². The molecule has 5 N–H and O–H groups in total. The van der Waals surface area contributed by atoms with Crippen molar-refractivity contribution in [3.05, 3.63) is 63.9 Å². The van der Waals surface area contributed by atoms with Crippen LogP contribution in [0.4, 0.5) is 8.78 Å². The number of rotatable bonds is 9. The number of oxime groups is 1. The number of halogens is 3. The molecule has 5 rings (SSSR count). The number of benzene rings is 2. The Morgan fingerprint density at radius 1 is 1.11 bits per heavy atom. The summed E-state index contributed by atoms with van der Waals surface area (Å²) >= 11 is 5.74. The molecular weight excluding hydrogens is 622 g/mol. The molecule has 1 saturated carbocycles. The van der Waals surface area contributed by atoms with Gasteiger partial charge in [-0.2, -0.15) is 0 Å². The fourth-order valence-electron chi connectivity index (χ4n) is 5.28. The molecule has 1 amide bonds. The second-order valence-electron chi connectivity index (χ2n) is 11.0. The summed E-state index contributed by atoms with van der Waals surface area (Å²) in [6.07, 6.45) is -8.39. The minimum absolute atomic E-state index is 0.0672. The van der Waals surface area contributed by atoms with E-state index in [1.165, 1.54) is 43.3 Å². The van der Waals surface area contributed by atoms with E-state index in [1.54, 1.807) is 6.92 Å². The zero-order chi connectivity index (χ0) is 32.4. The van der Waals surface area contributed by atoms with Crippen molar-refractivity contribution in [2.24, 2.45) is 5.16 Å². The van der Waals surface area contributed by atoms with Gasteiger partial charge in [-0.05, 0) is 49.8 Å². The normalized spacial score (nSPS) is 31.9. The van der Waals surface area contributed by atoms with Crippen LogP contribution in [0.5, 0.6) is 11.5 Å². The Morgan fingerprint density at radius 3 is 2.56 bits per heavy atom. The number of ether oxygens (including phenoxy) is 4. The van der Waals surface area contributed by atoms with E-state index >= 15 is 0 Å². The molecule has 2 aliphatic heterocycles. The van der Waals surface area contributed by atoms with Crippen molar-refractivity contribution in [2.45, 2.75) is 82.0 Å². The Hall–Kier alpha value is -3.37. The molecule has 1 aliphatic carbocycles. The lowest BCUT2D eigenvalue weighted by atomic mass is 9.83. The lowest BCUT2D eigenvalue weighted by Gasteiger charge is -2.41. The Labute approximate surface area is 261 Å². The van der Waals surface area contributed by atoms with Crippen molar-refractivity contribution < 1.29 is 57.8 Å². The van der Waals surface area contributed by atoms with Gasteiger partial charge in [0.2, 0.25) is 12.2 Å². The number of aromatic hydroxyl groups is 1. The highest BCUT2D eigenvalue weighted by molar-refractivity contribution is 6.30. The number of carbonyl (C=O) groups is 1. The summed E-state index contributed by atoms with van der Waals surface area (Å²) in [6.45, 7) is 2.73. The quantitative estimate of drug-likeness (QED) is 0.154. The molecule has 2 aromatic carbocycles. The summed E-state index contributed by atoms with van der Waals surface area (Å²) in [4.78, 5) is 18.0. The highest BCUT2D eigenvalue weighted by Crippen LogP contribution is 2.34. The zero-order valence-corrected chi connectivity index (χ0v) is 24.9. The molecule has 244 valence electrons. The van der Waals surface area contributed by atoms with E-state index in [9.17, 15) is 34.0 Å². The molecule has 3 aliphatic rings. The molecule has 45 heavy (non-hydrogen) atoms. The number of amides is 1. The summed E-state index contributed by atoms with van der Waals surface area (Å²) in [5.41, 5.74) is 1.10. The Kier molecular flexibility index (Phi) is 10.2. The van der Waals surface area contributed by atoms with Crippen molar-refractivity contribution in [3.63, 3.8) is 0 Å². The number of nitrogens with zero attached hydrogens (tertiary/aromatic N) is 1. The van der Waals surface area contributed by atoms with Gasteiger partial charge in [-0.1, -0.05) is 28.9 Å². The maximum Gasteiger partial charge on any atom is 0.247 e. The number of alkyl halides is 1. The first-order valence-corrected chi connectivity index (χ1v) is 14.5. The van der Waals surface area contributed by atoms with Gasteiger partial charge in [-0.25, -0.2) is 8.78 Å². The predicted octanol–water partition coefficient (Wildman–Crippen LogP) is 2.34. The molecule has 12 nitrogen and oxygen atoms in total. The van der Waals surface area contributed by atoms with Crippen LogP contribution < -0.4 is 10.1 Å². The molecule has 0 spiro atoms. The van der Waals surface area contributed by atoms with Gasteiger partial charge < -0.3 is 49.5 Å². The first-order valence-electron chi connectivity index (χ1n) is 14.1. The minimum Gasteiger partial charge on any atom is -0.504 e. The molecule has 2 aromatic rings. The molecule has 0 radical (unpaired) electrons. The smallest absolute Gasteiger partial charge is 0.247 e. The van der Waals surface area contributed by atoms with E-state index in [2.05, 4.69) is 10.5 Å². The second-order valence-corrected chi connectivity index (χ2v) is 11.4. The molecule has 0 unspecified atom stereocenters. The van der Waals surface area contributed by atoms with Crippen LogP contribution in [0.15, 0.2) is 47.1 Å². The van der Waals surface area contributed by atoms with Gasteiger partial charge in [0, 0.05) is 22.6 Å². The zero-order valence-electron chi connectivity index (χ0n) is 24.2. The van der Waals surface area contributed by atoms with E-state index in [4.69, 9.17) is 35.4 Å². The summed E-state index contributed by atoms with van der Waals surface area (Å²) < 4.78 is 50.4. The van der Waals surface area contributed by atoms with E-state index < -0.39 is 66.9 Å². The number of carbonyl (C=O) groups excluding carboxylic acids is 1. The largest absolute Gasteiger partial charge is 0.504 e. The summed E-state index contributed by atoms with van der Waals surface area (Å²) in [7, 11) is 0. The summed E-state index contributed by atoms with van der Waals surface area (Å²) in [5, 5.41) is 48.5. The molecule has 0 aromatic heterocycles. The number of fused-ring (bicyclic) bond motifs is 1. The number of aliphatic hydroxyl groups excluding tert-OH is 3. The van der Waals surface area contributed by atoms with Crippen molar-refractivity contribution >= 4 is 29.3 Å². The number of aliphatic hydroxyl groups is 3. The van der Waals surface area contributed by atoms with Gasteiger partial charge in [-0.3, -0.25) is 4.79 Å². The number of nitrogens with one attached hydrogen (secondary N) is 1. The summed E-state index contributed by atoms with van der Waals surface area (Å²) in [5.74, 6) is -1.60.